The van der Waals surface area contributed by atoms with E-state index in [0.29, 0.717) is 8.95 Å². The molecule has 20 heavy (non-hydrogen) atoms. The van der Waals surface area contributed by atoms with Crippen LogP contribution in [0, 0.1) is 12.7 Å². The largest absolute Gasteiger partial charge is 0.279 e. The molecule has 0 fully saturated rings. The maximum absolute atomic E-state index is 13.4. The topological polar surface area (TPSA) is 46.2 Å². The summed E-state index contributed by atoms with van der Waals surface area (Å²) in [6.07, 6.45) is 0. The zero-order valence-corrected chi connectivity index (χ0v) is 14.3. The van der Waals surface area contributed by atoms with Gasteiger partial charge in [-0.2, -0.15) is 0 Å². The minimum absolute atomic E-state index is 0.0792. The zero-order chi connectivity index (χ0) is 14.9. The fraction of sp³-hybridized carbons (Fsp3) is 0.0769. The van der Waals surface area contributed by atoms with E-state index in [4.69, 9.17) is 0 Å². The molecule has 0 radical (unpaired) electrons. The van der Waals surface area contributed by atoms with E-state index < -0.39 is 15.8 Å². The number of benzene rings is 2. The summed E-state index contributed by atoms with van der Waals surface area (Å²) in [6.45, 7) is 1.52. The second-order valence-electron chi connectivity index (χ2n) is 4.09. The standard InChI is InChI=1S/C13H10Br2FNO2S/c1-8-11(16)3-2-4-12(8)17-20(18,19)13-7-9(14)5-6-10(13)15/h2-7,17H,1H3. The van der Waals surface area contributed by atoms with Crippen molar-refractivity contribution in [3.63, 3.8) is 0 Å². The van der Waals surface area contributed by atoms with Crippen molar-refractivity contribution in [3.05, 3.63) is 56.7 Å². The van der Waals surface area contributed by atoms with Gasteiger partial charge in [0.05, 0.1) is 5.69 Å². The summed E-state index contributed by atoms with van der Waals surface area (Å²) in [6, 6.07) is 9.06. The first-order valence-corrected chi connectivity index (χ1v) is 8.61. The molecule has 0 saturated heterocycles. The molecule has 0 saturated carbocycles. The highest BCUT2D eigenvalue weighted by Gasteiger charge is 2.19. The molecule has 0 spiro atoms. The number of rotatable bonds is 3. The van der Waals surface area contributed by atoms with Gasteiger partial charge in [0.15, 0.2) is 0 Å². The van der Waals surface area contributed by atoms with Crippen LogP contribution in [0.4, 0.5) is 10.1 Å². The zero-order valence-electron chi connectivity index (χ0n) is 10.3. The predicted molar refractivity (Wildman–Crippen MR) is 83.8 cm³/mol. The molecule has 0 unspecified atom stereocenters. The van der Waals surface area contributed by atoms with Gasteiger partial charge in [-0.15, -0.1) is 0 Å². The fourth-order valence-corrected chi connectivity index (χ4v) is 4.23. The molecule has 2 aromatic carbocycles. The molecule has 2 aromatic rings. The molecule has 7 heteroatoms. The lowest BCUT2D eigenvalue weighted by Gasteiger charge is -2.12. The Morgan fingerprint density at radius 3 is 2.55 bits per heavy atom. The van der Waals surface area contributed by atoms with E-state index in [-0.39, 0.29) is 16.1 Å². The summed E-state index contributed by atoms with van der Waals surface area (Å²) in [5.74, 6) is -0.460. The molecule has 1 N–H and O–H groups in total. The first kappa shape index (κ1) is 15.5. The van der Waals surface area contributed by atoms with Crippen molar-refractivity contribution >= 4 is 47.6 Å². The summed E-state index contributed by atoms with van der Waals surface area (Å²) in [7, 11) is -3.80. The van der Waals surface area contributed by atoms with Crippen molar-refractivity contribution in [1.82, 2.24) is 0 Å². The van der Waals surface area contributed by atoms with Crippen LogP contribution in [-0.4, -0.2) is 8.42 Å². The van der Waals surface area contributed by atoms with Crippen molar-refractivity contribution in [2.24, 2.45) is 0 Å². The van der Waals surface area contributed by atoms with Gasteiger partial charge in [-0.3, -0.25) is 4.72 Å². The van der Waals surface area contributed by atoms with Crippen LogP contribution in [0.5, 0.6) is 0 Å². The van der Waals surface area contributed by atoms with Crippen molar-refractivity contribution in [2.75, 3.05) is 4.72 Å². The fourth-order valence-electron chi connectivity index (χ4n) is 1.60. The molecule has 0 heterocycles. The van der Waals surface area contributed by atoms with Crippen LogP contribution in [0.1, 0.15) is 5.56 Å². The van der Waals surface area contributed by atoms with E-state index in [9.17, 15) is 12.8 Å². The minimum atomic E-state index is -3.80. The first-order chi connectivity index (χ1) is 9.31. The Morgan fingerprint density at radius 1 is 1.15 bits per heavy atom. The average molecular weight is 423 g/mol. The monoisotopic (exact) mass is 421 g/mol. The Kier molecular flexibility index (Phi) is 4.51. The maximum Gasteiger partial charge on any atom is 0.263 e. The number of sulfonamides is 1. The van der Waals surface area contributed by atoms with Crippen LogP contribution in [-0.2, 0) is 10.0 Å². The Balaban J connectivity index is 2.46. The Hall–Kier alpha value is -0.920. The van der Waals surface area contributed by atoms with Crippen LogP contribution in [0.3, 0.4) is 0 Å². The Morgan fingerprint density at radius 2 is 1.85 bits per heavy atom. The lowest BCUT2D eigenvalue weighted by molar-refractivity contribution is 0.600. The quantitative estimate of drug-likeness (QED) is 0.793. The molecule has 3 nitrogen and oxygen atoms in total. The summed E-state index contributed by atoms with van der Waals surface area (Å²) in [4.78, 5) is 0.0792. The molecule has 0 aromatic heterocycles. The van der Waals surface area contributed by atoms with Crippen LogP contribution in [0.15, 0.2) is 50.2 Å². The maximum atomic E-state index is 13.4. The molecule has 2 rings (SSSR count). The van der Waals surface area contributed by atoms with Crippen LogP contribution in [0.2, 0.25) is 0 Å². The van der Waals surface area contributed by atoms with Gasteiger partial charge in [-0.25, -0.2) is 12.8 Å². The molecule has 0 atom stereocenters. The molecule has 0 aliphatic heterocycles. The van der Waals surface area contributed by atoms with E-state index in [1.54, 1.807) is 12.1 Å². The summed E-state index contributed by atoms with van der Waals surface area (Å²) < 4.78 is 41.6. The lowest BCUT2D eigenvalue weighted by Crippen LogP contribution is -2.14. The average Bonchev–Trinajstić information content (AvgIpc) is 2.37. The number of nitrogens with one attached hydrogen (secondary N) is 1. The van der Waals surface area contributed by atoms with E-state index in [1.165, 1.54) is 31.2 Å². The third kappa shape index (κ3) is 3.21. The van der Waals surface area contributed by atoms with Gasteiger partial charge in [0.2, 0.25) is 0 Å². The SMILES string of the molecule is Cc1c(F)cccc1NS(=O)(=O)c1cc(Br)ccc1Br. The molecule has 0 aliphatic carbocycles. The molecule has 106 valence electrons. The van der Waals surface area contributed by atoms with Gasteiger partial charge >= 0.3 is 0 Å². The third-order valence-corrected chi connectivity index (χ3v) is 5.55. The van der Waals surface area contributed by atoms with Crippen molar-refractivity contribution in [1.29, 1.82) is 0 Å². The number of hydrogen-bond donors (Lipinski definition) is 1. The van der Waals surface area contributed by atoms with E-state index in [2.05, 4.69) is 36.6 Å². The predicted octanol–water partition coefficient (Wildman–Crippen LogP) is 4.46. The summed E-state index contributed by atoms with van der Waals surface area (Å²) >= 11 is 6.43. The van der Waals surface area contributed by atoms with Crippen LogP contribution >= 0.6 is 31.9 Å². The second kappa shape index (κ2) is 5.83. The highest BCUT2D eigenvalue weighted by atomic mass is 79.9. The highest BCUT2D eigenvalue weighted by molar-refractivity contribution is 9.11. The number of halogens is 3. The van der Waals surface area contributed by atoms with E-state index >= 15 is 0 Å². The minimum Gasteiger partial charge on any atom is -0.279 e. The molecule has 0 bridgehead atoms. The summed E-state index contributed by atoms with van der Waals surface area (Å²) in [5, 5.41) is 0. The first-order valence-electron chi connectivity index (χ1n) is 5.54. The third-order valence-electron chi connectivity index (χ3n) is 2.69. The Bertz CT molecular complexity index is 763. The van der Waals surface area contributed by atoms with Gasteiger partial charge in [0, 0.05) is 14.5 Å². The van der Waals surface area contributed by atoms with E-state index in [0.717, 1.165) is 0 Å². The smallest absolute Gasteiger partial charge is 0.263 e. The lowest BCUT2D eigenvalue weighted by atomic mass is 10.2. The highest BCUT2D eigenvalue weighted by Crippen LogP contribution is 2.28. The molecule has 0 aliphatic rings. The van der Waals surface area contributed by atoms with Gasteiger partial charge in [-0.1, -0.05) is 22.0 Å². The van der Waals surface area contributed by atoms with Gasteiger partial charge in [-0.05, 0) is 53.2 Å². The number of anilines is 1. The van der Waals surface area contributed by atoms with E-state index in [1.807, 2.05) is 0 Å². The number of hydrogen-bond acceptors (Lipinski definition) is 2. The van der Waals surface area contributed by atoms with Crippen molar-refractivity contribution in [3.8, 4) is 0 Å². The van der Waals surface area contributed by atoms with Gasteiger partial charge in [0.25, 0.3) is 10.0 Å². The molecular formula is C13H10Br2FNO2S. The van der Waals surface area contributed by atoms with Gasteiger partial charge < -0.3 is 0 Å². The van der Waals surface area contributed by atoms with Crippen LogP contribution < -0.4 is 4.72 Å². The van der Waals surface area contributed by atoms with Crippen molar-refractivity contribution in [2.45, 2.75) is 11.8 Å². The second-order valence-corrected chi connectivity index (χ2v) is 7.51. The normalized spacial score (nSPS) is 11.4. The summed E-state index contributed by atoms with van der Waals surface area (Å²) in [5.41, 5.74) is 0.471. The molecular weight excluding hydrogens is 413 g/mol. The van der Waals surface area contributed by atoms with Gasteiger partial charge in [0.1, 0.15) is 10.7 Å². The Labute approximate surface area is 133 Å². The van der Waals surface area contributed by atoms with Crippen LogP contribution in [0.25, 0.3) is 0 Å². The van der Waals surface area contributed by atoms with Crippen molar-refractivity contribution < 1.29 is 12.8 Å². The molecule has 0 amide bonds.